The number of aromatic nitrogens is 2. The highest BCUT2D eigenvalue weighted by molar-refractivity contribution is 6.06. The van der Waals surface area contributed by atoms with E-state index in [0.717, 1.165) is 33.5 Å². The van der Waals surface area contributed by atoms with E-state index in [-0.39, 0.29) is 0 Å². The van der Waals surface area contributed by atoms with Gasteiger partial charge in [0.2, 0.25) is 0 Å². The Hall–Kier alpha value is -8.20. The number of benzene rings is 10. The Labute approximate surface area is 367 Å². The maximum absolute atomic E-state index is 5.29. The van der Waals surface area contributed by atoms with E-state index < -0.39 is 5.41 Å². The molecule has 0 N–H and O–H groups in total. The van der Waals surface area contributed by atoms with Crippen LogP contribution in [0.25, 0.3) is 88.8 Å². The number of rotatable bonds is 7. The van der Waals surface area contributed by atoms with Crippen LogP contribution in [0, 0.1) is 0 Å². The molecule has 1 aliphatic carbocycles. The number of nitrogens with zero attached hydrogens (tertiary/aromatic N) is 2. The molecular formula is C61H40N2. The Kier molecular flexibility index (Phi) is 8.76. The lowest BCUT2D eigenvalue weighted by atomic mass is 9.66. The van der Waals surface area contributed by atoms with Gasteiger partial charge < -0.3 is 0 Å². The first-order valence-electron chi connectivity index (χ1n) is 21.6. The van der Waals surface area contributed by atoms with Crippen LogP contribution in [0.1, 0.15) is 22.3 Å². The van der Waals surface area contributed by atoms with Crippen molar-refractivity contribution in [1.29, 1.82) is 0 Å². The van der Waals surface area contributed by atoms with E-state index >= 15 is 0 Å². The molecule has 0 atom stereocenters. The zero-order chi connectivity index (χ0) is 41.7. The largest absolute Gasteiger partial charge is 0.228 e. The lowest BCUT2D eigenvalue weighted by Gasteiger charge is -2.35. The fourth-order valence-electron chi connectivity index (χ4n) is 10.1. The zero-order valence-corrected chi connectivity index (χ0v) is 34.5. The molecule has 0 unspecified atom stereocenters. The van der Waals surface area contributed by atoms with Gasteiger partial charge in [-0.05, 0) is 89.3 Å². The summed E-state index contributed by atoms with van der Waals surface area (Å²) in [6.07, 6.45) is 0. The van der Waals surface area contributed by atoms with E-state index in [1.165, 1.54) is 71.8 Å². The van der Waals surface area contributed by atoms with Gasteiger partial charge in [-0.25, -0.2) is 9.97 Å². The summed E-state index contributed by atoms with van der Waals surface area (Å²) in [5.41, 5.74) is 16.8. The maximum Gasteiger partial charge on any atom is 0.160 e. The molecule has 2 heteroatoms. The van der Waals surface area contributed by atoms with E-state index in [9.17, 15) is 0 Å². The summed E-state index contributed by atoms with van der Waals surface area (Å²) in [5.74, 6) is 0.701. The van der Waals surface area contributed by atoms with Gasteiger partial charge in [-0.1, -0.05) is 231 Å². The standard InChI is InChI=1S/C61H40N2/c1-5-17-41(18-6-1)42-29-31-44(32-30-42)57-40-58(63-60(62-57)45-20-7-2-8-21-45)54-38-37-49(51-27-15-16-28-52(51)54)46-34-35-53-55-36-33-43-19-13-14-26-50(43)59(55)61(56(53)39-46,47-22-9-3-10-23-47)48-24-11-4-12-25-48/h1-40H. The van der Waals surface area contributed by atoms with Gasteiger partial charge in [0.05, 0.1) is 16.8 Å². The average Bonchev–Trinajstić information content (AvgIpc) is 3.68. The molecule has 1 aliphatic rings. The molecule has 0 bridgehead atoms. The first-order valence-corrected chi connectivity index (χ1v) is 21.6. The van der Waals surface area contributed by atoms with Gasteiger partial charge in [0.25, 0.3) is 0 Å². The maximum atomic E-state index is 5.29. The van der Waals surface area contributed by atoms with Gasteiger partial charge in [0, 0.05) is 16.7 Å². The second kappa shape index (κ2) is 15.1. The smallest absolute Gasteiger partial charge is 0.160 e. The minimum absolute atomic E-state index is 0.537. The lowest BCUT2D eigenvalue weighted by molar-refractivity contribution is 0.776. The summed E-state index contributed by atoms with van der Waals surface area (Å²) in [6.45, 7) is 0. The SMILES string of the molecule is c1ccc(-c2ccc(-c3cc(-c4ccc(-c5ccc6c(c5)C(c5ccccc5)(c5ccccc5)c5c-6ccc6ccccc56)c5ccccc45)nc(-c4ccccc4)n3)cc2)cc1. The van der Waals surface area contributed by atoms with E-state index in [2.05, 4.69) is 224 Å². The second-order valence-corrected chi connectivity index (χ2v) is 16.4. The molecule has 12 rings (SSSR count). The van der Waals surface area contributed by atoms with Crippen molar-refractivity contribution in [1.82, 2.24) is 9.97 Å². The third-order valence-electron chi connectivity index (χ3n) is 13.0. The minimum atomic E-state index is -0.537. The fraction of sp³-hybridized carbons (Fsp3) is 0.0164. The molecule has 10 aromatic carbocycles. The third kappa shape index (κ3) is 6.02. The molecule has 294 valence electrons. The normalized spacial score (nSPS) is 12.6. The Bertz CT molecular complexity index is 3430. The molecule has 1 heterocycles. The van der Waals surface area contributed by atoms with Crippen molar-refractivity contribution in [2.24, 2.45) is 0 Å². The van der Waals surface area contributed by atoms with E-state index in [0.29, 0.717) is 5.82 Å². The van der Waals surface area contributed by atoms with Gasteiger partial charge in [-0.2, -0.15) is 0 Å². The molecule has 0 radical (unpaired) electrons. The summed E-state index contributed by atoms with van der Waals surface area (Å²) < 4.78 is 0. The molecule has 63 heavy (non-hydrogen) atoms. The summed E-state index contributed by atoms with van der Waals surface area (Å²) in [4.78, 5) is 10.5. The van der Waals surface area contributed by atoms with Crippen LogP contribution in [0.2, 0.25) is 0 Å². The molecule has 1 aromatic heterocycles. The van der Waals surface area contributed by atoms with E-state index in [1.54, 1.807) is 0 Å². The number of hydrogen-bond acceptors (Lipinski definition) is 2. The fourth-order valence-corrected chi connectivity index (χ4v) is 10.1. The topological polar surface area (TPSA) is 25.8 Å². The Morgan fingerprint density at radius 1 is 0.286 bits per heavy atom. The lowest BCUT2D eigenvalue weighted by Crippen LogP contribution is -2.28. The van der Waals surface area contributed by atoms with Crippen LogP contribution in [0.3, 0.4) is 0 Å². The average molecular weight is 801 g/mol. The third-order valence-corrected chi connectivity index (χ3v) is 13.0. The predicted octanol–water partition coefficient (Wildman–Crippen LogP) is 15.5. The van der Waals surface area contributed by atoms with Crippen molar-refractivity contribution >= 4 is 21.5 Å². The van der Waals surface area contributed by atoms with Crippen LogP contribution in [-0.4, -0.2) is 9.97 Å². The van der Waals surface area contributed by atoms with Crippen LogP contribution in [0.15, 0.2) is 243 Å². The molecule has 0 saturated heterocycles. The first kappa shape index (κ1) is 36.6. The molecular weight excluding hydrogens is 761 g/mol. The second-order valence-electron chi connectivity index (χ2n) is 16.4. The molecule has 0 fully saturated rings. The molecule has 0 amide bonds. The first-order chi connectivity index (χ1) is 31.2. The quantitative estimate of drug-likeness (QED) is 0.160. The predicted molar refractivity (Wildman–Crippen MR) is 262 cm³/mol. The number of hydrogen-bond donors (Lipinski definition) is 0. The van der Waals surface area contributed by atoms with Crippen molar-refractivity contribution in [3.63, 3.8) is 0 Å². The van der Waals surface area contributed by atoms with E-state index in [4.69, 9.17) is 9.97 Å². The van der Waals surface area contributed by atoms with Crippen molar-refractivity contribution in [2.45, 2.75) is 5.41 Å². The highest BCUT2D eigenvalue weighted by Gasteiger charge is 2.47. The summed E-state index contributed by atoms with van der Waals surface area (Å²) in [6, 6.07) is 87.8. The number of fused-ring (bicyclic) bond motifs is 6. The molecule has 2 nitrogen and oxygen atoms in total. The van der Waals surface area contributed by atoms with Crippen molar-refractivity contribution < 1.29 is 0 Å². The highest BCUT2D eigenvalue weighted by Crippen LogP contribution is 2.59. The molecule has 0 aliphatic heterocycles. The molecule has 11 aromatic rings. The van der Waals surface area contributed by atoms with E-state index in [1.807, 2.05) is 18.2 Å². The summed E-state index contributed by atoms with van der Waals surface area (Å²) >= 11 is 0. The van der Waals surface area contributed by atoms with Gasteiger partial charge in [-0.15, -0.1) is 0 Å². The summed E-state index contributed by atoms with van der Waals surface area (Å²) in [5, 5.41) is 4.84. The Balaban J connectivity index is 1.05. The van der Waals surface area contributed by atoms with Gasteiger partial charge in [-0.3, -0.25) is 0 Å². The minimum Gasteiger partial charge on any atom is -0.228 e. The monoisotopic (exact) mass is 800 g/mol. The van der Waals surface area contributed by atoms with Gasteiger partial charge >= 0.3 is 0 Å². The van der Waals surface area contributed by atoms with Crippen LogP contribution in [-0.2, 0) is 5.41 Å². The highest BCUT2D eigenvalue weighted by atomic mass is 14.9. The van der Waals surface area contributed by atoms with Crippen LogP contribution >= 0.6 is 0 Å². The van der Waals surface area contributed by atoms with Crippen molar-refractivity contribution in [3.8, 4) is 67.3 Å². The molecule has 0 spiro atoms. The van der Waals surface area contributed by atoms with Crippen LogP contribution < -0.4 is 0 Å². The van der Waals surface area contributed by atoms with Gasteiger partial charge in [0.15, 0.2) is 5.82 Å². The Morgan fingerprint density at radius 3 is 1.44 bits per heavy atom. The Morgan fingerprint density at radius 2 is 0.762 bits per heavy atom. The molecule has 0 saturated carbocycles. The van der Waals surface area contributed by atoms with Gasteiger partial charge in [0.1, 0.15) is 0 Å². The van der Waals surface area contributed by atoms with Crippen LogP contribution in [0.4, 0.5) is 0 Å². The zero-order valence-electron chi connectivity index (χ0n) is 34.5. The van der Waals surface area contributed by atoms with Crippen LogP contribution in [0.5, 0.6) is 0 Å². The van der Waals surface area contributed by atoms with Crippen molar-refractivity contribution in [3.05, 3.63) is 265 Å². The summed E-state index contributed by atoms with van der Waals surface area (Å²) in [7, 11) is 0. The van der Waals surface area contributed by atoms with Crippen molar-refractivity contribution in [2.75, 3.05) is 0 Å².